The van der Waals surface area contributed by atoms with Crippen LogP contribution in [0.4, 0.5) is 26.3 Å². The van der Waals surface area contributed by atoms with Crippen molar-refractivity contribution < 1.29 is 26.3 Å². The van der Waals surface area contributed by atoms with Crippen LogP contribution in [0, 0.1) is 11.3 Å². The number of halogens is 6. The molecule has 0 spiro atoms. The number of rotatable bonds is 1. The fourth-order valence-electron chi connectivity index (χ4n) is 2.86. The van der Waals surface area contributed by atoms with Gasteiger partial charge >= 0.3 is 12.4 Å². The SMILES string of the molecule is CC1(C(F)(F)F)C=C(C2CCNCC2)C=C(C(F)(F)F)C1. The maximum atomic E-state index is 13.2. The molecule has 1 aliphatic heterocycles. The van der Waals surface area contributed by atoms with E-state index in [2.05, 4.69) is 5.32 Å². The molecule has 1 unspecified atom stereocenters. The third-order valence-corrected chi connectivity index (χ3v) is 4.21. The minimum absolute atomic E-state index is 0.176. The zero-order valence-electron chi connectivity index (χ0n) is 11.5. The Morgan fingerprint density at radius 1 is 1.10 bits per heavy atom. The topological polar surface area (TPSA) is 12.0 Å². The van der Waals surface area contributed by atoms with Crippen molar-refractivity contribution >= 4 is 0 Å². The molecule has 1 fully saturated rings. The molecule has 0 aromatic rings. The molecule has 2 rings (SSSR count). The van der Waals surface area contributed by atoms with Crippen molar-refractivity contribution in [3.63, 3.8) is 0 Å². The molecule has 1 aliphatic carbocycles. The van der Waals surface area contributed by atoms with Crippen LogP contribution in [0.15, 0.2) is 23.3 Å². The van der Waals surface area contributed by atoms with Crippen molar-refractivity contribution in [3.05, 3.63) is 23.3 Å². The van der Waals surface area contributed by atoms with E-state index < -0.39 is 29.8 Å². The highest BCUT2D eigenvalue weighted by molar-refractivity contribution is 5.37. The lowest BCUT2D eigenvalue weighted by Crippen LogP contribution is -2.39. The van der Waals surface area contributed by atoms with Crippen LogP contribution in [0.25, 0.3) is 0 Å². The molecule has 0 aromatic carbocycles. The number of hydrogen-bond acceptors (Lipinski definition) is 1. The van der Waals surface area contributed by atoms with E-state index in [0.717, 1.165) is 19.1 Å². The Morgan fingerprint density at radius 2 is 1.67 bits per heavy atom. The minimum atomic E-state index is -4.72. The maximum absolute atomic E-state index is 13.2. The second-order valence-electron chi connectivity index (χ2n) is 5.93. The Labute approximate surface area is 119 Å². The molecule has 0 aromatic heterocycles. The lowest BCUT2D eigenvalue weighted by molar-refractivity contribution is -0.204. The molecule has 1 nitrogen and oxygen atoms in total. The van der Waals surface area contributed by atoms with Gasteiger partial charge in [0.25, 0.3) is 0 Å². The predicted molar refractivity (Wildman–Crippen MR) is 66.6 cm³/mol. The Bertz CT molecular complexity index is 453. The van der Waals surface area contributed by atoms with Crippen LogP contribution in [-0.4, -0.2) is 25.4 Å². The van der Waals surface area contributed by atoms with Gasteiger partial charge in [0.15, 0.2) is 0 Å². The van der Waals surface area contributed by atoms with Crippen molar-refractivity contribution in [2.75, 3.05) is 13.1 Å². The van der Waals surface area contributed by atoms with Gasteiger partial charge in [-0.05, 0) is 50.8 Å². The van der Waals surface area contributed by atoms with Crippen LogP contribution < -0.4 is 5.32 Å². The summed E-state index contributed by atoms with van der Waals surface area (Å²) in [4.78, 5) is 0. The maximum Gasteiger partial charge on any atom is 0.412 e. The highest BCUT2D eigenvalue weighted by atomic mass is 19.4. The normalized spacial score (nSPS) is 29.1. The van der Waals surface area contributed by atoms with Crippen LogP contribution in [0.5, 0.6) is 0 Å². The van der Waals surface area contributed by atoms with E-state index in [1.807, 2.05) is 0 Å². The third kappa shape index (κ3) is 3.44. The first-order valence-electron chi connectivity index (χ1n) is 6.81. The highest BCUT2D eigenvalue weighted by Crippen LogP contribution is 2.51. The number of nitrogens with one attached hydrogen (secondary N) is 1. The standard InChI is InChI=1S/C14H17F6N/c1-12(14(18,19)20)7-10(9-2-4-21-5-3-9)6-11(8-12)13(15,16)17/h6-7,9,21H,2-5,8H2,1H3. The van der Waals surface area contributed by atoms with Crippen LogP contribution in [-0.2, 0) is 0 Å². The second kappa shape index (κ2) is 5.34. The molecule has 0 amide bonds. The van der Waals surface area contributed by atoms with Gasteiger partial charge in [0.2, 0.25) is 0 Å². The molecule has 1 N–H and O–H groups in total. The van der Waals surface area contributed by atoms with Crippen molar-refractivity contribution in [3.8, 4) is 0 Å². The minimum Gasteiger partial charge on any atom is -0.317 e. The zero-order valence-corrected chi connectivity index (χ0v) is 11.5. The van der Waals surface area contributed by atoms with E-state index in [0.29, 0.717) is 25.9 Å². The average molecular weight is 313 g/mol. The molecule has 0 bridgehead atoms. The van der Waals surface area contributed by atoms with Crippen molar-refractivity contribution in [2.24, 2.45) is 11.3 Å². The molecule has 120 valence electrons. The van der Waals surface area contributed by atoms with Crippen LogP contribution >= 0.6 is 0 Å². The summed E-state index contributed by atoms with van der Waals surface area (Å²) in [5, 5.41) is 3.05. The Morgan fingerprint density at radius 3 is 2.14 bits per heavy atom. The first-order valence-corrected chi connectivity index (χ1v) is 6.81. The largest absolute Gasteiger partial charge is 0.412 e. The summed E-state index contributed by atoms with van der Waals surface area (Å²) < 4.78 is 78.3. The van der Waals surface area contributed by atoms with Gasteiger partial charge in [-0.2, -0.15) is 26.3 Å². The van der Waals surface area contributed by atoms with E-state index in [-0.39, 0.29) is 11.5 Å². The lowest BCUT2D eigenvalue weighted by atomic mass is 9.73. The van der Waals surface area contributed by atoms with Gasteiger partial charge in [0, 0.05) is 5.57 Å². The van der Waals surface area contributed by atoms with Gasteiger partial charge in [-0.1, -0.05) is 12.2 Å². The van der Waals surface area contributed by atoms with Crippen molar-refractivity contribution in [2.45, 2.75) is 38.5 Å². The molecule has 0 radical (unpaired) electrons. The lowest BCUT2D eigenvalue weighted by Gasteiger charge is -2.36. The quantitative estimate of drug-likeness (QED) is 0.709. The fourth-order valence-corrected chi connectivity index (χ4v) is 2.86. The fraction of sp³-hybridized carbons (Fsp3) is 0.714. The van der Waals surface area contributed by atoms with E-state index in [1.54, 1.807) is 0 Å². The Balaban J connectivity index is 2.40. The molecule has 1 saturated heterocycles. The molecule has 21 heavy (non-hydrogen) atoms. The average Bonchev–Trinajstić information content (AvgIpc) is 2.37. The summed E-state index contributed by atoms with van der Waals surface area (Å²) in [7, 11) is 0. The first kappa shape index (κ1) is 16.4. The predicted octanol–water partition coefficient (Wildman–Crippen LogP) is 4.37. The van der Waals surface area contributed by atoms with Gasteiger partial charge in [0.05, 0.1) is 5.41 Å². The second-order valence-corrected chi connectivity index (χ2v) is 5.93. The van der Waals surface area contributed by atoms with E-state index >= 15 is 0 Å². The first-order chi connectivity index (χ1) is 9.53. The van der Waals surface area contributed by atoms with Gasteiger partial charge in [-0.25, -0.2) is 0 Å². The Hall–Kier alpha value is -0.980. The molecular weight excluding hydrogens is 296 g/mol. The van der Waals surface area contributed by atoms with Gasteiger partial charge in [-0.3, -0.25) is 0 Å². The number of piperidine rings is 1. The third-order valence-electron chi connectivity index (χ3n) is 4.21. The smallest absolute Gasteiger partial charge is 0.317 e. The summed E-state index contributed by atoms with van der Waals surface area (Å²) in [5.41, 5.74) is -3.36. The van der Waals surface area contributed by atoms with Gasteiger partial charge in [-0.15, -0.1) is 0 Å². The summed E-state index contributed by atoms with van der Waals surface area (Å²) in [6, 6.07) is 0. The Kier molecular flexibility index (Phi) is 4.17. The summed E-state index contributed by atoms with van der Waals surface area (Å²) in [6.45, 7) is 2.06. The van der Waals surface area contributed by atoms with Crippen LogP contribution in [0.1, 0.15) is 26.2 Å². The van der Waals surface area contributed by atoms with Crippen molar-refractivity contribution in [1.29, 1.82) is 0 Å². The molecule has 0 saturated carbocycles. The number of hydrogen-bond donors (Lipinski definition) is 1. The zero-order chi connectivity index (χ0) is 15.9. The van der Waals surface area contributed by atoms with Crippen molar-refractivity contribution in [1.82, 2.24) is 5.32 Å². The van der Waals surface area contributed by atoms with E-state index in [4.69, 9.17) is 0 Å². The molecule has 1 heterocycles. The van der Waals surface area contributed by atoms with E-state index in [1.165, 1.54) is 0 Å². The molecular formula is C14H17F6N. The molecule has 2 aliphatic rings. The summed E-state index contributed by atoms with van der Waals surface area (Å²) in [5.74, 6) is -0.245. The highest BCUT2D eigenvalue weighted by Gasteiger charge is 2.54. The summed E-state index contributed by atoms with van der Waals surface area (Å²) in [6.07, 6.45) is -7.44. The molecule has 7 heteroatoms. The monoisotopic (exact) mass is 313 g/mol. The van der Waals surface area contributed by atoms with Gasteiger partial charge < -0.3 is 5.32 Å². The molecule has 1 atom stereocenters. The van der Waals surface area contributed by atoms with Gasteiger partial charge in [0.1, 0.15) is 0 Å². The summed E-state index contributed by atoms with van der Waals surface area (Å²) >= 11 is 0. The van der Waals surface area contributed by atoms with E-state index in [9.17, 15) is 26.3 Å². The van der Waals surface area contributed by atoms with Crippen LogP contribution in [0.2, 0.25) is 0 Å². The van der Waals surface area contributed by atoms with Crippen LogP contribution in [0.3, 0.4) is 0 Å². The number of alkyl halides is 6. The number of allylic oxidation sites excluding steroid dienone is 4.